The van der Waals surface area contributed by atoms with Crippen LogP contribution in [0.1, 0.15) is 6.92 Å². The molecule has 0 aliphatic heterocycles. The number of rotatable bonds is 2. The summed E-state index contributed by atoms with van der Waals surface area (Å²) in [5.41, 5.74) is 0. The zero-order valence-electron chi connectivity index (χ0n) is 3.75. The van der Waals surface area contributed by atoms with Crippen molar-refractivity contribution in [3.8, 4) is 0 Å². The lowest BCUT2D eigenvalue weighted by molar-refractivity contribution is 0.412. The molecule has 0 unspecified atom stereocenters. The Bertz CT molecular complexity index is 26.7. The van der Waals surface area contributed by atoms with Crippen molar-refractivity contribution >= 4 is 22.6 Å². The van der Waals surface area contributed by atoms with Crippen LogP contribution < -0.4 is 0 Å². The van der Waals surface area contributed by atoms with E-state index in [2.05, 4.69) is 22.6 Å². The first kappa shape index (κ1) is 6.66. The van der Waals surface area contributed by atoms with E-state index in [9.17, 15) is 4.39 Å². The fourth-order valence-corrected chi connectivity index (χ4v) is 0.277. The van der Waals surface area contributed by atoms with Gasteiger partial charge in [0.05, 0.1) is 6.67 Å². The van der Waals surface area contributed by atoms with Crippen molar-refractivity contribution in [2.24, 2.45) is 5.92 Å². The van der Waals surface area contributed by atoms with Gasteiger partial charge in [0.1, 0.15) is 0 Å². The fraction of sp³-hybridized carbons (Fsp3) is 1.00. The Hall–Kier alpha value is 0.660. The number of hydrogen-bond acceptors (Lipinski definition) is 0. The molecule has 0 fully saturated rings. The summed E-state index contributed by atoms with van der Waals surface area (Å²) >= 11 is 2.17. The van der Waals surface area contributed by atoms with Crippen LogP contribution in [-0.4, -0.2) is 11.1 Å². The molecule has 0 bridgehead atoms. The topological polar surface area (TPSA) is 0 Å². The predicted octanol–water partition coefficient (Wildman–Crippen LogP) is 2.03. The van der Waals surface area contributed by atoms with E-state index in [1.54, 1.807) is 0 Å². The molecule has 0 amide bonds. The summed E-state index contributed by atoms with van der Waals surface area (Å²) < 4.78 is 12.3. The lowest BCUT2D eigenvalue weighted by Crippen LogP contribution is -1.95. The van der Waals surface area contributed by atoms with Crippen LogP contribution in [0.5, 0.6) is 0 Å². The Balaban J connectivity index is 2.75. The van der Waals surface area contributed by atoms with E-state index in [-0.39, 0.29) is 12.6 Å². The molecule has 0 saturated heterocycles. The highest BCUT2D eigenvalue weighted by atomic mass is 127. The van der Waals surface area contributed by atoms with Gasteiger partial charge in [0.25, 0.3) is 0 Å². The van der Waals surface area contributed by atoms with Gasteiger partial charge in [-0.3, -0.25) is 4.39 Å². The Kier molecular flexibility index (Phi) is 4.26. The quantitative estimate of drug-likeness (QED) is 0.474. The monoisotopic (exact) mass is 202 g/mol. The summed E-state index contributed by atoms with van der Waals surface area (Å²) in [5.74, 6) is 0.255. The zero-order chi connectivity index (χ0) is 4.99. The van der Waals surface area contributed by atoms with Crippen LogP contribution >= 0.6 is 22.6 Å². The molecule has 0 aromatic rings. The van der Waals surface area contributed by atoms with Crippen molar-refractivity contribution in [1.29, 1.82) is 0 Å². The summed E-state index contributed by atoms with van der Waals surface area (Å²) in [4.78, 5) is 0. The molecule has 6 heavy (non-hydrogen) atoms. The largest absolute Gasteiger partial charge is 0.251 e. The zero-order valence-corrected chi connectivity index (χ0v) is 5.90. The second-order valence-corrected chi connectivity index (χ2v) is 2.29. The van der Waals surface area contributed by atoms with Crippen molar-refractivity contribution in [2.45, 2.75) is 6.92 Å². The van der Waals surface area contributed by atoms with Gasteiger partial charge in [-0.1, -0.05) is 29.5 Å². The average molecular weight is 202 g/mol. The molecule has 0 spiro atoms. The molecule has 0 N–H and O–H groups in total. The van der Waals surface area contributed by atoms with E-state index in [4.69, 9.17) is 0 Å². The van der Waals surface area contributed by atoms with Gasteiger partial charge >= 0.3 is 0 Å². The first-order chi connectivity index (χ1) is 2.81. The number of hydrogen-bond donors (Lipinski definition) is 0. The van der Waals surface area contributed by atoms with Crippen LogP contribution in [0.25, 0.3) is 0 Å². The standard InChI is InChI=1S/C4H8FI/c1-4(2-5)3-6/h4H,2-3H2,1H3/t4-/m0/s1. The Morgan fingerprint density at radius 3 is 2.33 bits per heavy atom. The minimum atomic E-state index is -0.178. The molecule has 0 saturated carbocycles. The van der Waals surface area contributed by atoms with Gasteiger partial charge in [0.2, 0.25) is 0 Å². The smallest absolute Gasteiger partial charge is 0.0927 e. The van der Waals surface area contributed by atoms with Crippen LogP contribution in [-0.2, 0) is 0 Å². The Labute approximate surface area is 51.3 Å². The normalized spacial score (nSPS) is 14.5. The summed E-state index contributed by atoms with van der Waals surface area (Å²) in [6.45, 7) is 1.72. The first-order valence-electron chi connectivity index (χ1n) is 1.93. The van der Waals surface area contributed by atoms with E-state index in [0.717, 1.165) is 4.43 Å². The second kappa shape index (κ2) is 3.84. The van der Waals surface area contributed by atoms with Crippen molar-refractivity contribution in [3.05, 3.63) is 0 Å². The van der Waals surface area contributed by atoms with Gasteiger partial charge in [-0.15, -0.1) is 0 Å². The van der Waals surface area contributed by atoms with Crippen LogP contribution in [0.2, 0.25) is 0 Å². The van der Waals surface area contributed by atoms with Crippen molar-refractivity contribution in [3.63, 3.8) is 0 Å². The predicted molar refractivity (Wildman–Crippen MR) is 34.0 cm³/mol. The molecular weight excluding hydrogens is 194 g/mol. The van der Waals surface area contributed by atoms with E-state index < -0.39 is 0 Å². The summed E-state index contributed by atoms with van der Waals surface area (Å²) in [6.07, 6.45) is 0. The Morgan fingerprint density at radius 2 is 2.33 bits per heavy atom. The van der Waals surface area contributed by atoms with Gasteiger partial charge in [-0.2, -0.15) is 0 Å². The molecule has 2 heteroatoms. The summed E-state index contributed by atoms with van der Waals surface area (Å²) in [7, 11) is 0. The van der Waals surface area contributed by atoms with Gasteiger partial charge in [0, 0.05) is 4.43 Å². The van der Waals surface area contributed by atoms with Crippen LogP contribution in [0.15, 0.2) is 0 Å². The van der Waals surface area contributed by atoms with Crippen LogP contribution in [0.3, 0.4) is 0 Å². The maximum atomic E-state index is 11.4. The first-order valence-corrected chi connectivity index (χ1v) is 3.45. The molecule has 0 rings (SSSR count). The van der Waals surface area contributed by atoms with Crippen molar-refractivity contribution in [1.82, 2.24) is 0 Å². The van der Waals surface area contributed by atoms with E-state index in [0.29, 0.717) is 0 Å². The van der Waals surface area contributed by atoms with E-state index in [1.165, 1.54) is 0 Å². The Morgan fingerprint density at radius 1 is 1.83 bits per heavy atom. The lowest BCUT2D eigenvalue weighted by atomic mass is 10.3. The molecule has 0 heterocycles. The van der Waals surface area contributed by atoms with Gasteiger partial charge in [0.15, 0.2) is 0 Å². The summed E-state index contributed by atoms with van der Waals surface area (Å²) in [5, 5.41) is 0. The second-order valence-electron chi connectivity index (χ2n) is 1.41. The fourth-order valence-electron chi connectivity index (χ4n) is 0.0412. The molecule has 0 aliphatic carbocycles. The van der Waals surface area contributed by atoms with Crippen molar-refractivity contribution < 1.29 is 4.39 Å². The molecule has 1 atom stereocenters. The molecule has 0 radical (unpaired) electrons. The number of halogens is 2. The summed E-state index contributed by atoms with van der Waals surface area (Å²) in [6, 6.07) is 0. The maximum absolute atomic E-state index is 11.4. The van der Waals surface area contributed by atoms with Gasteiger partial charge in [-0.05, 0) is 5.92 Å². The van der Waals surface area contributed by atoms with Gasteiger partial charge in [-0.25, -0.2) is 0 Å². The molecule has 38 valence electrons. The molecule has 0 aliphatic rings. The van der Waals surface area contributed by atoms with Crippen LogP contribution in [0, 0.1) is 5.92 Å². The van der Waals surface area contributed by atoms with Gasteiger partial charge < -0.3 is 0 Å². The highest BCUT2D eigenvalue weighted by Crippen LogP contribution is 1.98. The molecule has 0 aromatic heterocycles. The third-order valence-electron chi connectivity index (χ3n) is 0.527. The number of alkyl halides is 2. The SMILES string of the molecule is C[C@@H](CF)CI. The molecular formula is C4H8FI. The minimum absolute atomic E-state index is 0.178. The van der Waals surface area contributed by atoms with Crippen LogP contribution in [0.4, 0.5) is 4.39 Å². The third kappa shape index (κ3) is 2.87. The molecule has 0 aromatic carbocycles. The highest BCUT2D eigenvalue weighted by Gasteiger charge is 1.93. The lowest BCUT2D eigenvalue weighted by Gasteiger charge is -1.94. The minimum Gasteiger partial charge on any atom is -0.251 e. The molecule has 0 nitrogen and oxygen atoms in total. The van der Waals surface area contributed by atoms with E-state index >= 15 is 0 Å². The highest BCUT2D eigenvalue weighted by molar-refractivity contribution is 14.1. The van der Waals surface area contributed by atoms with E-state index in [1.807, 2.05) is 6.92 Å². The van der Waals surface area contributed by atoms with Crippen molar-refractivity contribution in [2.75, 3.05) is 11.1 Å². The maximum Gasteiger partial charge on any atom is 0.0927 e. The third-order valence-corrected chi connectivity index (χ3v) is 2.03. The average Bonchev–Trinajstić information content (AvgIpc) is 1.65.